The van der Waals surface area contributed by atoms with Crippen LogP contribution in [0.15, 0.2) is 18.2 Å². The Morgan fingerprint density at radius 2 is 1.89 bits per heavy atom. The molecule has 0 radical (unpaired) electrons. The molecular weight excluding hydrogens is 236 g/mol. The molecule has 0 spiro atoms. The fraction of sp³-hybridized carbons (Fsp3) is 0.647. The highest BCUT2D eigenvalue weighted by molar-refractivity contribution is 5.37. The SMILES string of the molecule is CCCCCCCC(O)Cc1cc(C)ccc1OC. The molecule has 0 aliphatic rings. The minimum absolute atomic E-state index is 0.252. The predicted molar refractivity (Wildman–Crippen MR) is 80.8 cm³/mol. The first-order valence-corrected chi connectivity index (χ1v) is 7.49. The van der Waals surface area contributed by atoms with Crippen LogP contribution in [0.4, 0.5) is 0 Å². The first-order valence-electron chi connectivity index (χ1n) is 7.49. The van der Waals surface area contributed by atoms with Crippen LogP contribution in [0.3, 0.4) is 0 Å². The maximum atomic E-state index is 10.1. The van der Waals surface area contributed by atoms with Gasteiger partial charge in [-0.15, -0.1) is 0 Å². The van der Waals surface area contributed by atoms with Gasteiger partial charge in [-0.1, -0.05) is 56.7 Å². The molecule has 1 atom stereocenters. The molecule has 19 heavy (non-hydrogen) atoms. The fourth-order valence-electron chi connectivity index (χ4n) is 2.41. The minimum atomic E-state index is -0.252. The van der Waals surface area contributed by atoms with E-state index in [1.54, 1.807) is 7.11 Å². The van der Waals surface area contributed by atoms with Crippen molar-refractivity contribution in [2.24, 2.45) is 0 Å². The molecule has 0 aliphatic heterocycles. The minimum Gasteiger partial charge on any atom is -0.496 e. The Morgan fingerprint density at radius 1 is 1.16 bits per heavy atom. The lowest BCUT2D eigenvalue weighted by Crippen LogP contribution is -2.11. The lowest BCUT2D eigenvalue weighted by molar-refractivity contribution is 0.160. The molecule has 0 fully saturated rings. The second-order valence-electron chi connectivity index (χ2n) is 5.38. The molecule has 1 unspecified atom stereocenters. The third kappa shape index (κ3) is 6.11. The third-order valence-corrected chi connectivity index (χ3v) is 3.53. The Kier molecular flexibility index (Phi) is 7.57. The zero-order valence-corrected chi connectivity index (χ0v) is 12.6. The Balaban J connectivity index is 2.39. The van der Waals surface area contributed by atoms with Gasteiger partial charge in [0.2, 0.25) is 0 Å². The highest BCUT2D eigenvalue weighted by Gasteiger charge is 2.10. The van der Waals surface area contributed by atoms with E-state index in [4.69, 9.17) is 4.74 Å². The van der Waals surface area contributed by atoms with Crippen molar-refractivity contribution in [2.45, 2.75) is 64.9 Å². The van der Waals surface area contributed by atoms with Crippen molar-refractivity contribution in [3.8, 4) is 5.75 Å². The molecule has 1 aromatic rings. The number of hydrogen-bond acceptors (Lipinski definition) is 2. The highest BCUT2D eigenvalue weighted by atomic mass is 16.5. The summed E-state index contributed by atoms with van der Waals surface area (Å²) >= 11 is 0. The predicted octanol–water partition coefficient (Wildman–Crippen LogP) is 4.27. The van der Waals surface area contributed by atoms with E-state index in [0.717, 1.165) is 24.2 Å². The zero-order valence-electron chi connectivity index (χ0n) is 12.6. The summed E-state index contributed by atoms with van der Waals surface area (Å²) in [4.78, 5) is 0. The average Bonchev–Trinajstić information content (AvgIpc) is 2.39. The van der Waals surface area contributed by atoms with Gasteiger partial charge >= 0.3 is 0 Å². The number of hydrogen-bond donors (Lipinski definition) is 1. The summed E-state index contributed by atoms with van der Waals surface area (Å²) in [6.07, 6.45) is 7.55. The summed E-state index contributed by atoms with van der Waals surface area (Å²) in [6.45, 7) is 4.29. The molecule has 1 aromatic carbocycles. The van der Waals surface area contributed by atoms with Crippen molar-refractivity contribution in [3.05, 3.63) is 29.3 Å². The Hall–Kier alpha value is -1.02. The van der Waals surface area contributed by atoms with E-state index >= 15 is 0 Å². The standard InChI is InChI=1S/C17H28O2/c1-4-5-6-7-8-9-16(18)13-15-12-14(2)10-11-17(15)19-3/h10-12,16,18H,4-9,13H2,1-3H3. The van der Waals surface area contributed by atoms with Crippen LogP contribution < -0.4 is 4.74 Å². The fourth-order valence-corrected chi connectivity index (χ4v) is 2.41. The zero-order chi connectivity index (χ0) is 14.1. The molecule has 108 valence electrons. The molecule has 1 N–H and O–H groups in total. The van der Waals surface area contributed by atoms with Crippen LogP contribution in [0.5, 0.6) is 5.75 Å². The normalized spacial score (nSPS) is 12.4. The molecule has 0 aliphatic carbocycles. The second kappa shape index (κ2) is 8.98. The molecule has 1 rings (SSSR count). The number of aliphatic hydroxyl groups excluding tert-OH is 1. The van der Waals surface area contributed by atoms with E-state index in [-0.39, 0.29) is 6.10 Å². The van der Waals surface area contributed by atoms with E-state index in [1.165, 1.54) is 31.2 Å². The molecular formula is C17H28O2. The molecule has 2 nitrogen and oxygen atoms in total. The quantitative estimate of drug-likeness (QED) is 0.675. The molecule has 0 amide bonds. The van der Waals surface area contributed by atoms with E-state index < -0.39 is 0 Å². The smallest absolute Gasteiger partial charge is 0.122 e. The number of rotatable bonds is 9. The van der Waals surface area contributed by atoms with Crippen LogP contribution >= 0.6 is 0 Å². The van der Waals surface area contributed by atoms with Gasteiger partial charge in [0.15, 0.2) is 0 Å². The van der Waals surface area contributed by atoms with Crippen molar-refractivity contribution >= 4 is 0 Å². The molecule has 0 saturated heterocycles. The van der Waals surface area contributed by atoms with E-state index in [9.17, 15) is 5.11 Å². The van der Waals surface area contributed by atoms with Crippen LogP contribution in [0.2, 0.25) is 0 Å². The first-order chi connectivity index (χ1) is 9.17. The van der Waals surface area contributed by atoms with Crippen LogP contribution in [0.1, 0.15) is 56.6 Å². The lowest BCUT2D eigenvalue weighted by Gasteiger charge is -2.14. The van der Waals surface area contributed by atoms with Crippen molar-refractivity contribution in [1.29, 1.82) is 0 Å². The second-order valence-corrected chi connectivity index (χ2v) is 5.38. The monoisotopic (exact) mass is 264 g/mol. The maximum Gasteiger partial charge on any atom is 0.122 e. The molecule has 0 saturated carbocycles. The number of unbranched alkanes of at least 4 members (excludes halogenated alkanes) is 4. The van der Waals surface area contributed by atoms with Crippen molar-refractivity contribution in [2.75, 3.05) is 7.11 Å². The van der Waals surface area contributed by atoms with Gasteiger partial charge in [-0.25, -0.2) is 0 Å². The summed E-state index contributed by atoms with van der Waals surface area (Å²) in [5.74, 6) is 0.885. The van der Waals surface area contributed by atoms with Crippen LogP contribution in [0, 0.1) is 6.92 Å². The van der Waals surface area contributed by atoms with Gasteiger partial charge < -0.3 is 9.84 Å². The summed E-state index contributed by atoms with van der Waals surface area (Å²) in [7, 11) is 1.69. The van der Waals surface area contributed by atoms with Gasteiger partial charge in [0, 0.05) is 6.42 Å². The Morgan fingerprint density at radius 3 is 2.58 bits per heavy atom. The number of benzene rings is 1. The van der Waals surface area contributed by atoms with Crippen LogP contribution in [-0.2, 0) is 6.42 Å². The average molecular weight is 264 g/mol. The maximum absolute atomic E-state index is 10.1. The van der Waals surface area contributed by atoms with Gasteiger partial charge in [0.25, 0.3) is 0 Å². The Labute approximate surface area is 117 Å². The molecule has 2 heteroatoms. The van der Waals surface area contributed by atoms with E-state index in [1.807, 2.05) is 12.1 Å². The number of methoxy groups -OCH3 is 1. The van der Waals surface area contributed by atoms with Gasteiger partial charge in [-0.2, -0.15) is 0 Å². The number of aryl methyl sites for hydroxylation is 1. The van der Waals surface area contributed by atoms with Gasteiger partial charge in [0.1, 0.15) is 5.75 Å². The molecule has 0 bridgehead atoms. The molecule has 0 heterocycles. The number of aliphatic hydroxyl groups is 1. The largest absolute Gasteiger partial charge is 0.496 e. The Bertz CT molecular complexity index is 360. The molecule has 0 aromatic heterocycles. The van der Waals surface area contributed by atoms with Crippen molar-refractivity contribution < 1.29 is 9.84 Å². The topological polar surface area (TPSA) is 29.5 Å². The summed E-state index contributed by atoms with van der Waals surface area (Å²) in [5.41, 5.74) is 2.33. The van der Waals surface area contributed by atoms with Crippen molar-refractivity contribution in [1.82, 2.24) is 0 Å². The van der Waals surface area contributed by atoms with Gasteiger partial charge in [-0.05, 0) is 25.0 Å². The van der Waals surface area contributed by atoms with Gasteiger partial charge in [-0.3, -0.25) is 0 Å². The lowest BCUT2D eigenvalue weighted by atomic mass is 10.00. The van der Waals surface area contributed by atoms with E-state index in [0.29, 0.717) is 6.42 Å². The van der Waals surface area contributed by atoms with Crippen LogP contribution in [0.25, 0.3) is 0 Å². The first kappa shape index (κ1) is 16.0. The number of ether oxygens (including phenoxy) is 1. The van der Waals surface area contributed by atoms with Crippen LogP contribution in [-0.4, -0.2) is 18.3 Å². The van der Waals surface area contributed by atoms with Gasteiger partial charge in [0.05, 0.1) is 13.2 Å². The highest BCUT2D eigenvalue weighted by Crippen LogP contribution is 2.22. The summed E-state index contributed by atoms with van der Waals surface area (Å²) in [5, 5.41) is 10.1. The summed E-state index contributed by atoms with van der Waals surface area (Å²) in [6, 6.07) is 6.14. The van der Waals surface area contributed by atoms with Crippen molar-refractivity contribution in [3.63, 3.8) is 0 Å². The third-order valence-electron chi connectivity index (χ3n) is 3.53. The van der Waals surface area contributed by atoms with E-state index in [2.05, 4.69) is 19.9 Å². The summed E-state index contributed by atoms with van der Waals surface area (Å²) < 4.78 is 5.35.